The van der Waals surface area contributed by atoms with E-state index in [0.717, 1.165) is 39.0 Å². The highest BCUT2D eigenvalue weighted by Gasteiger charge is 2.23. The molecule has 0 aromatic rings. The van der Waals surface area contributed by atoms with Crippen LogP contribution in [0.15, 0.2) is 11.6 Å². The Labute approximate surface area is 119 Å². The van der Waals surface area contributed by atoms with Crippen LogP contribution in [0.5, 0.6) is 0 Å². The summed E-state index contributed by atoms with van der Waals surface area (Å²) in [6.45, 7) is 12.5. The van der Waals surface area contributed by atoms with Gasteiger partial charge in [-0.3, -0.25) is 4.90 Å². The molecule has 112 valence electrons. The fourth-order valence-corrected chi connectivity index (χ4v) is 2.62. The number of allylic oxidation sites excluding steroid dienone is 1. The van der Waals surface area contributed by atoms with Gasteiger partial charge in [0, 0.05) is 19.1 Å². The third-order valence-corrected chi connectivity index (χ3v) is 3.91. The second-order valence-corrected chi connectivity index (χ2v) is 6.48. The van der Waals surface area contributed by atoms with Crippen molar-refractivity contribution in [3.05, 3.63) is 11.6 Å². The van der Waals surface area contributed by atoms with Gasteiger partial charge in [-0.1, -0.05) is 25.0 Å². The molecule has 0 amide bonds. The molecule has 0 bridgehead atoms. The van der Waals surface area contributed by atoms with Gasteiger partial charge in [0.1, 0.15) is 0 Å². The van der Waals surface area contributed by atoms with E-state index in [9.17, 15) is 5.11 Å². The summed E-state index contributed by atoms with van der Waals surface area (Å²) >= 11 is 0. The van der Waals surface area contributed by atoms with Crippen molar-refractivity contribution in [3.63, 3.8) is 0 Å². The Balaban J connectivity index is 2.21. The maximum atomic E-state index is 10.2. The fourth-order valence-electron chi connectivity index (χ4n) is 2.62. The number of rotatable bonds is 7. The van der Waals surface area contributed by atoms with E-state index < -0.39 is 5.60 Å². The molecule has 1 atom stereocenters. The van der Waals surface area contributed by atoms with E-state index in [4.69, 9.17) is 0 Å². The topological polar surface area (TPSA) is 35.5 Å². The second-order valence-electron chi connectivity index (χ2n) is 6.48. The number of piperidine rings is 1. The Bertz CT molecular complexity index is 274. The standard InChI is InChI=1S/C16H32N2O/c1-5-9-16(4,19)13-17-15-7-11-18(12-8-15)10-6-14(2)3/h6,15,17,19H,5,7-13H2,1-4H3. The van der Waals surface area contributed by atoms with E-state index in [2.05, 4.69) is 37.1 Å². The SMILES string of the molecule is CCCC(C)(O)CNC1CCN(CC=C(C)C)CC1. The average molecular weight is 268 g/mol. The minimum absolute atomic E-state index is 0.548. The molecule has 0 radical (unpaired) electrons. The molecule has 1 saturated heterocycles. The van der Waals surface area contributed by atoms with Crippen LogP contribution < -0.4 is 5.32 Å². The predicted molar refractivity (Wildman–Crippen MR) is 82.4 cm³/mol. The lowest BCUT2D eigenvalue weighted by atomic mass is 9.98. The fraction of sp³-hybridized carbons (Fsp3) is 0.875. The van der Waals surface area contributed by atoms with E-state index in [0.29, 0.717) is 6.04 Å². The molecule has 1 aliphatic rings. The zero-order valence-corrected chi connectivity index (χ0v) is 13.2. The van der Waals surface area contributed by atoms with Crippen molar-refractivity contribution in [2.75, 3.05) is 26.2 Å². The van der Waals surface area contributed by atoms with Gasteiger partial charge in [0.2, 0.25) is 0 Å². The Kier molecular flexibility index (Phi) is 7.05. The van der Waals surface area contributed by atoms with Crippen molar-refractivity contribution >= 4 is 0 Å². The zero-order chi connectivity index (χ0) is 14.3. The zero-order valence-electron chi connectivity index (χ0n) is 13.2. The van der Waals surface area contributed by atoms with Gasteiger partial charge < -0.3 is 10.4 Å². The maximum Gasteiger partial charge on any atom is 0.0743 e. The predicted octanol–water partition coefficient (Wildman–Crippen LogP) is 2.56. The minimum Gasteiger partial charge on any atom is -0.389 e. The van der Waals surface area contributed by atoms with Gasteiger partial charge in [0.05, 0.1) is 5.60 Å². The van der Waals surface area contributed by atoms with Gasteiger partial charge in [0.25, 0.3) is 0 Å². The Morgan fingerprint density at radius 2 is 2.00 bits per heavy atom. The van der Waals surface area contributed by atoms with Crippen molar-refractivity contribution in [1.82, 2.24) is 10.2 Å². The lowest BCUT2D eigenvalue weighted by Gasteiger charge is -2.34. The number of nitrogens with zero attached hydrogens (tertiary/aromatic N) is 1. The molecular formula is C16H32N2O. The van der Waals surface area contributed by atoms with Gasteiger partial charge in [-0.25, -0.2) is 0 Å². The third-order valence-electron chi connectivity index (χ3n) is 3.91. The minimum atomic E-state index is -0.548. The number of nitrogens with one attached hydrogen (secondary N) is 1. The molecule has 0 aromatic heterocycles. The number of hydrogen-bond donors (Lipinski definition) is 2. The van der Waals surface area contributed by atoms with Gasteiger partial charge in [-0.2, -0.15) is 0 Å². The molecular weight excluding hydrogens is 236 g/mol. The largest absolute Gasteiger partial charge is 0.389 e. The molecule has 0 saturated carbocycles. The smallest absolute Gasteiger partial charge is 0.0743 e. The molecule has 1 aliphatic heterocycles. The van der Waals surface area contributed by atoms with Crippen LogP contribution in [0.2, 0.25) is 0 Å². The first-order chi connectivity index (χ1) is 8.93. The van der Waals surface area contributed by atoms with E-state index in [-0.39, 0.29) is 0 Å². The maximum absolute atomic E-state index is 10.2. The first-order valence-electron chi connectivity index (χ1n) is 7.74. The molecule has 0 aliphatic carbocycles. The first kappa shape index (κ1) is 16.7. The molecule has 2 N–H and O–H groups in total. The van der Waals surface area contributed by atoms with Crippen LogP contribution in [-0.4, -0.2) is 47.8 Å². The van der Waals surface area contributed by atoms with Crippen LogP contribution in [0, 0.1) is 0 Å². The highest BCUT2D eigenvalue weighted by atomic mass is 16.3. The third kappa shape index (κ3) is 7.09. The quantitative estimate of drug-likeness (QED) is 0.697. The number of likely N-dealkylation sites (tertiary alicyclic amines) is 1. The van der Waals surface area contributed by atoms with E-state index in [1.807, 2.05) is 6.92 Å². The molecule has 3 heteroatoms. The molecule has 1 rings (SSSR count). The van der Waals surface area contributed by atoms with E-state index in [1.165, 1.54) is 18.4 Å². The van der Waals surface area contributed by atoms with Crippen LogP contribution in [0.25, 0.3) is 0 Å². The summed E-state index contributed by atoms with van der Waals surface area (Å²) in [5.74, 6) is 0. The van der Waals surface area contributed by atoms with Crippen molar-refractivity contribution in [2.24, 2.45) is 0 Å². The van der Waals surface area contributed by atoms with Crippen LogP contribution in [0.3, 0.4) is 0 Å². The molecule has 1 fully saturated rings. The van der Waals surface area contributed by atoms with E-state index >= 15 is 0 Å². The average Bonchev–Trinajstić information content (AvgIpc) is 2.35. The van der Waals surface area contributed by atoms with Crippen LogP contribution in [-0.2, 0) is 0 Å². The van der Waals surface area contributed by atoms with Crippen molar-refractivity contribution in [2.45, 2.75) is 65.0 Å². The second kappa shape index (κ2) is 8.03. The van der Waals surface area contributed by atoms with Gasteiger partial charge >= 0.3 is 0 Å². The summed E-state index contributed by atoms with van der Waals surface area (Å²) in [5.41, 5.74) is 0.851. The lowest BCUT2D eigenvalue weighted by molar-refractivity contribution is 0.0442. The summed E-state index contributed by atoms with van der Waals surface area (Å²) < 4.78 is 0. The summed E-state index contributed by atoms with van der Waals surface area (Å²) in [5, 5.41) is 13.7. The van der Waals surface area contributed by atoms with Crippen LogP contribution >= 0.6 is 0 Å². The van der Waals surface area contributed by atoms with Crippen molar-refractivity contribution < 1.29 is 5.11 Å². The van der Waals surface area contributed by atoms with Gasteiger partial charge in [-0.05, 0) is 53.1 Å². The van der Waals surface area contributed by atoms with E-state index in [1.54, 1.807) is 0 Å². The summed E-state index contributed by atoms with van der Waals surface area (Å²) in [4.78, 5) is 2.51. The highest BCUT2D eigenvalue weighted by molar-refractivity contribution is 4.95. The molecule has 1 heterocycles. The summed E-state index contributed by atoms with van der Waals surface area (Å²) in [6, 6.07) is 0.575. The molecule has 0 aromatic carbocycles. The molecule has 0 spiro atoms. The number of hydrogen-bond acceptors (Lipinski definition) is 3. The molecule has 1 unspecified atom stereocenters. The molecule has 3 nitrogen and oxygen atoms in total. The summed E-state index contributed by atoms with van der Waals surface area (Å²) in [6.07, 6.45) is 6.60. The monoisotopic (exact) mass is 268 g/mol. The van der Waals surface area contributed by atoms with Crippen LogP contribution in [0.4, 0.5) is 0 Å². The molecule has 19 heavy (non-hydrogen) atoms. The Hall–Kier alpha value is -0.380. The summed E-state index contributed by atoms with van der Waals surface area (Å²) in [7, 11) is 0. The highest BCUT2D eigenvalue weighted by Crippen LogP contribution is 2.14. The normalized spacial score (nSPS) is 21.1. The van der Waals surface area contributed by atoms with Crippen molar-refractivity contribution in [1.29, 1.82) is 0 Å². The van der Waals surface area contributed by atoms with Crippen molar-refractivity contribution in [3.8, 4) is 0 Å². The number of aliphatic hydroxyl groups is 1. The van der Waals surface area contributed by atoms with Gasteiger partial charge in [0.15, 0.2) is 0 Å². The Morgan fingerprint density at radius 1 is 1.37 bits per heavy atom. The van der Waals surface area contributed by atoms with Crippen LogP contribution in [0.1, 0.15) is 53.4 Å². The Morgan fingerprint density at radius 3 is 2.53 bits per heavy atom. The first-order valence-corrected chi connectivity index (χ1v) is 7.74. The lowest BCUT2D eigenvalue weighted by Crippen LogP contribution is -2.47. The van der Waals surface area contributed by atoms with Gasteiger partial charge in [-0.15, -0.1) is 0 Å².